The standard InChI is InChI=1S/C26H27NO4/c1-3-29-26(19(2)28)18-20-12-14-21(15-13-20)30-17-16-27-22-8-4-6-10-24(22)31-25-11-7-5-9-23(25)27/h4-15,26H,3,16-18H2,1-2H3. The number of carbonyl (C=O) groups is 1. The normalized spacial score (nSPS) is 13.0. The highest BCUT2D eigenvalue weighted by Crippen LogP contribution is 2.45. The summed E-state index contributed by atoms with van der Waals surface area (Å²) >= 11 is 0. The molecule has 1 aliphatic heterocycles. The van der Waals surface area contributed by atoms with Gasteiger partial charge in [0.05, 0.1) is 17.9 Å². The van der Waals surface area contributed by atoms with Crippen molar-refractivity contribution in [1.82, 2.24) is 0 Å². The van der Waals surface area contributed by atoms with Gasteiger partial charge in [0.15, 0.2) is 17.3 Å². The Bertz CT molecular complexity index is 986. The third-order valence-corrected chi connectivity index (χ3v) is 5.28. The van der Waals surface area contributed by atoms with Gasteiger partial charge in [-0.2, -0.15) is 0 Å². The van der Waals surface area contributed by atoms with Crippen LogP contribution in [0.15, 0.2) is 72.8 Å². The van der Waals surface area contributed by atoms with Crippen molar-refractivity contribution in [2.75, 3.05) is 24.7 Å². The smallest absolute Gasteiger partial charge is 0.158 e. The molecular weight excluding hydrogens is 390 g/mol. The topological polar surface area (TPSA) is 48.0 Å². The molecule has 1 heterocycles. The molecule has 3 aromatic rings. The first-order valence-corrected chi connectivity index (χ1v) is 10.6. The molecule has 1 atom stereocenters. The fraction of sp³-hybridized carbons (Fsp3) is 0.269. The summed E-state index contributed by atoms with van der Waals surface area (Å²) in [6.07, 6.45) is 0.184. The summed E-state index contributed by atoms with van der Waals surface area (Å²) in [5.74, 6) is 2.54. The van der Waals surface area contributed by atoms with E-state index in [9.17, 15) is 4.79 Å². The number of ketones is 1. The summed E-state index contributed by atoms with van der Waals surface area (Å²) in [6.45, 7) is 5.21. The summed E-state index contributed by atoms with van der Waals surface area (Å²) in [6, 6.07) is 23.9. The van der Waals surface area contributed by atoms with Crippen molar-refractivity contribution in [2.24, 2.45) is 0 Å². The van der Waals surface area contributed by atoms with E-state index in [0.717, 1.165) is 34.2 Å². The number of fused-ring (bicyclic) bond motifs is 2. The Hall–Kier alpha value is -3.31. The van der Waals surface area contributed by atoms with Crippen LogP contribution >= 0.6 is 0 Å². The maximum atomic E-state index is 11.7. The first-order chi connectivity index (χ1) is 15.2. The number of para-hydroxylation sites is 4. The van der Waals surface area contributed by atoms with Crippen LogP contribution in [0.3, 0.4) is 0 Å². The van der Waals surface area contributed by atoms with Gasteiger partial charge in [-0.25, -0.2) is 0 Å². The fourth-order valence-corrected chi connectivity index (χ4v) is 3.73. The molecule has 0 radical (unpaired) electrons. The molecule has 0 saturated heterocycles. The fourth-order valence-electron chi connectivity index (χ4n) is 3.73. The average molecular weight is 418 g/mol. The van der Waals surface area contributed by atoms with Crippen LogP contribution < -0.4 is 14.4 Å². The summed E-state index contributed by atoms with van der Waals surface area (Å²) in [5.41, 5.74) is 3.12. The molecule has 0 spiro atoms. The maximum absolute atomic E-state index is 11.7. The monoisotopic (exact) mass is 417 g/mol. The lowest BCUT2D eigenvalue weighted by Gasteiger charge is -2.32. The van der Waals surface area contributed by atoms with Crippen LogP contribution in [0.1, 0.15) is 19.4 Å². The van der Waals surface area contributed by atoms with E-state index in [0.29, 0.717) is 26.2 Å². The zero-order valence-corrected chi connectivity index (χ0v) is 17.9. The van der Waals surface area contributed by atoms with Crippen molar-refractivity contribution in [3.05, 3.63) is 78.4 Å². The second kappa shape index (κ2) is 9.67. The van der Waals surface area contributed by atoms with Gasteiger partial charge in [0, 0.05) is 13.0 Å². The molecule has 1 unspecified atom stereocenters. The molecule has 3 aromatic carbocycles. The number of Topliss-reactive ketones (excluding diaryl/α,β-unsaturated/α-hetero) is 1. The Kier molecular flexibility index (Phi) is 6.53. The maximum Gasteiger partial charge on any atom is 0.158 e. The highest BCUT2D eigenvalue weighted by Gasteiger charge is 2.23. The van der Waals surface area contributed by atoms with E-state index in [-0.39, 0.29) is 5.78 Å². The molecule has 0 fully saturated rings. The van der Waals surface area contributed by atoms with Gasteiger partial charge in [0.2, 0.25) is 0 Å². The molecule has 0 saturated carbocycles. The van der Waals surface area contributed by atoms with Gasteiger partial charge in [-0.3, -0.25) is 4.79 Å². The minimum Gasteiger partial charge on any atom is -0.492 e. The summed E-state index contributed by atoms with van der Waals surface area (Å²) in [4.78, 5) is 13.9. The molecular formula is C26H27NO4. The van der Waals surface area contributed by atoms with Gasteiger partial charge in [0.1, 0.15) is 18.5 Å². The minimum atomic E-state index is -0.391. The van der Waals surface area contributed by atoms with E-state index < -0.39 is 6.10 Å². The van der Waals surface area contributed by atoms with Crippen molar-refractivity contribution in [2.45, 2.75) is 26.4 Å². The zero-order chi connectivity index (χ0) is 21.6. The first-order valence-electron chi connectivity index (χ1n) is 10.6. The second-order valence-corrected chi connectivity index (χ2v) is 7.44. The van der Waals surface area contributed by atoms with Crippen LogP contribution in [0, 0.1) is 0 Å². The van der Waals surface area contributed by atoms with Gasteiger partial charge >= 0.3 is 0 Å². The molecule has 0 aliphatic carbocycles. The van der Waals surface area contributed by atoms with Crippen molar-refractivity contribution in [3.63, 3.8) is 0 Å². The Balaban J connectivity index is 1.39. The summed E-state index contributed by atoms with van der Waals surface area (Å²) < 4.78 is 17.6. The molecule has 31 heavy (non-hydrogen) atoms. The molecule has 5 heteroatoms. The number of ether oxygens (including phenoxy) is 3. The highest BCUT2D eigenvalue weighted by molar-refractivity contribution is 5.80. The van der Waals surface area contributed by atoms with Crippen molar-refractivity contribution in [3.8, 4) is 17.2 Å². The van der Waals surface area contributed by atoms with Gasteiger partial charge in [0.25, 0.3) is 0 Å². The highest BCUT2D eigenvalue weighted by atomic mass is 16.5. The molecule has 4 rings (SSSR count). The van der Waals surface area contributed by atoms with E-state index in [1.54, 1.807) is 6.92 Å². The third-order valence-electron chi connectivity index (χ3n) is 5.28. The molecule has 5 nitrogen and oxygen atoms in total. The van der Waals surface area contributed by atoms with Gasteiger partial charge < -0.3 is 19.1 Å². The van der Waals surface area contributed by atoms with Gasteiger partial charge in [-0.15, -0.1) is 0 Å². The second-order valence-electron chi connectivity index (χ2n) is 7.44. The molecule has 1 aliphatic rings. The number of anilines is 2. The van der Waals surface area contributed by atoms with Crippen molar-refractivity contribution >= 4 is 17.2 Å². The Labute approximate surface area is 183 Å². The van der Waals surface area contributed by atoms with Crippen LogP contribution in [0.4, 0.5) is 11.4 Å². The van der Waals surface area contributed by atoms with Crippen LogP contribution in [-0.4, -0.2) is 31.6 Å². The Morgan fingerprint density at radius 1 is 0.935 bits per heavy atom. The Morgan fingerprint density at radius 3 is 2.13 bits per heavy atom. The molecule has 160 valence electrons. The number of hydrogen-bond acceptors (Lipinski definition) is 5. The average Bonchev–Trinajstić information content (AvgIpc) is 2.79. The van der Waals surface area contributed by atoms with E-state index in [4.69, 9.17) is 14.2 Å². The largest absolute Gasteiger partial charge is 0.492 e. The molecule has 0 aromatic heterocycles. The summed E-state index contributed by atoms with van der Waals surface area (Å²) in [7, 11) is 0. The van der Waals surface area contributed by atoms with Crippen molar-refractivity contribution in [1.29, 1.82) is 0 Å². The lowest BCUT2D eigenvalue weighted by Crippen LogP contribution is -2.26. The van der Waals surface area contributed by atoms with Gasteiger partial charge in [-0.1, -0.05) is 36.4 Å². The quantitative estimate of drug-likeness (QED) is 0.457. The van der Waals surface area contributed by atoms with Gasteiger partial charge in [-0.05, 0) is 55.8 Å². The minimum absolute atomic E-state index is 0.0493. The number of rotatable bonds is 9. The predicted octanol–water partition coefficient (Wildman–Crippen LogP) is 5.55. The number of nitrogens with zero attached hydrogens (tertiary/aromatic N) is 1. The lowest BCUT2D eigenvalue weighted by atomic mass is 10.1. The third kappa shape index (κ3) is 4.89. The number of benzene rings is 3. The Morgan fingerprint density at radius 2 is 1.55 bits per heavy atom. The lowest BCUT2D eigenvalue weighted by molar-refractivity contribution is -0.127. The first kappa shape index (κ1) is 20.9. The van der Waals surface area contributed by atoms with E-state index in [1.165, 1.54) is 0 Å². The zero-order valence-electron chi connectivity index (χ0n) is 17.9. The van der Waals surface area contributed by atoms with Crippen LogP contribution in [0.25, 0.3) is 0 Å². The SMILES string of the molecule is CCOC(Cc1ccc(OCCN2c3ccccc3Oc3ccccc32)cc1)C(C)=O. The molecule has 0 bridgehead atoms. The predicted molar refractivity (Wildman–Crippen MR) is 122 cm³/mol. The van der Waals surface area contributed by atoms with E-state index in [2.05, 4.69) is 17.0 Å². The molecule has 0 amide bonds. The number of carbonyl (C=O) groups excluding carboxylic acids is 1. The van der Waals surface area contributed by atoms with Crippen LogP contribution in [-0.2, 0) is 16.0 Å². The van der Waals surface area contributed by atoms with E-state index in [1.807, 2.05) is 67.6 Å². The molecule has 0 N–H and O–H groups in total. The van der Waals surface area contributed by atoms with E-state index >= 15 is 0 Å². The number of hydrogen-bond donors (Lipinski definition) is 0. The van der Waals surface area contributed by atoms with Crippen molar-refractivity contribution < 1.29 is 19.0 Å². The summed E-state index contributed by atoms with van der Waals surface area (Å²) in [5, 5.41) is 0. The van der Waals surface area contributed by atoms with Crippen LogP contribution in [0.2, 0.25) is 0 Å². The van der Waals surface area contributed by atoms with Crippen LogP contribution in [0.5, 0.6) is 17.2 Å².